The highest BCUT2D eigenvalue weighted by Gasteiger charge is 2.46. The number of anilines is 2. The molecule has 0 fully saturated rings. The minimum Gasteiger partial charge on any atom is -0.356 e. The van der Waals surface area contributed by atoms with Gasteiger partial charge in [-0.25, -0.2) is 0 Å². The SMILES string of the molecule is c1ccc(C2(c3ccccc3)c3ccccc3-c3ccc(-n4c5ccccc5c5cc(Nc6ccc(-c7ccc8ccccc8c7)cc6)ccc54)cc32)cc1. The number of hydrogen-bond donors (Lipinski definition) is 1. The molecule has 0 aliphatic heterocycles. The first-order chi connectivity index (χ1) is 27.3. The van der Waals surface area contributed by atoms with Gasteiger partial charge in [-0.1, -0.05) is 158 Å². The van der Waals surface area contributed by atoms with Crippen LogP contribution >= 0.6 is 0 Å². The molecule has 0 unspecified atom stereocenters. The molecule has 1 aromatic heterocycles. The van der Waals surface area contributed by atoms with Crippen molar-refractivity contribution in [2.75, 3.05) is 5.32 Å². The van der Waals surface area contributed by atoms with Gasteiger partial charge in [0.05, 0.1) is 16.4 Å². The van der Waals surface area contributed by atoms with Crippen LogP contribution < -0.4 is 5.32 Å². The molecule has 10 aromatic rings. The fourth-order valence-corrected chi connectivity index (χ4v) is 9.18. The third-order valence-corrected chi connectivity index (χ3v) is 11.6. The maximum atomic E-state index is 3.70. The van der Waals surface area contributed by atoms with Crippen LogP contribution in [0.2, 0.25) is 0 Å². The second-order valence-electron chi connectivity index (χ2n) is 14.6. The topological polar surface area (TPSA) is 17.0 Å². The summed E-state index contributed by atoms with van der Waals surface area (Å²) in [5.41, 5.74) is 15.4. The van der Waals surface area contributed by atoms with Crippen LogP contribution in [0, 0.1) is 0 Å². The minimum atomic E-state index is -0.454. The smallest absolute Gasteiger partial charge is 0.0714 e. The van der Waals surface area contributed by atoms with E-state index in [4.69, 9.17) is 0 Å². The van der Waals surface area contributed by atoms with Crippen LogP contribution in [0.25, 0.3) is 60.5 Å². The van der Waals surface area contributed by atoms with Crippen LogP contribution in [0.1, 0.15) is 22.3 Å². The summed E-state index contributed by atoms with van der Waals surface area (Å²) in [6.07, 6.45) is 0. The fraction of sp³-hybridized carbons (Fsp3) is 0.0189. The number of nitrogens with zero attached hydrogens (tertiary/aromatic N) is 1. The summed E-state index contributed by atoms with van der Waals surface area (Å²) >= 11 is 0. The Kier molecular flexibility index (Phi) is 7.11. The predicted octanol–water partition coefficient (Wildman–Crippen LogP) is 13.7. The number of rotatable bonds is 6. The van der Waals surface area contributed by atoms with Gasteiger partial charge in [-0.2, -0.15) is 0 Å². The van der Waals surface area contributed by atoms with E-state index in [2.05, 4.69) is 222 Å². The lowest BCUT2D eigenvalue weighted by Crippen LogP contribution is -2.28. The molecule has 1 aliphatic carbocycles. The second-order valence-corrected chi connectivity index (χ2v) is 14.6. The summed E-state index contributed by atoms with van der Waals surface area (Å²) in [4.78, 5) is 0. The molecule has 1 aliphatic rings. The molecule has 258 valence electrons. The van der Waals surface area contributed by atoms with E-state index in [9.17, 15) is 0 Å². The molecule has 0 radical (unpaired) electrons. The van der Waals surface area contributed by atoms with Gasteiger partial charge in [-0.3, -0.25) is 0 Å². The van der Waals surface area contributed by atoms with Crippen molar-refractivity contribution in [1.29, 1.82) is 0 Å². The van der Waals surface area contributed by atoms with Gasteiger partial charge in [0.15, 0.2) is 0 Å². The number of fused-ring (bicyclic) bond motifs is 7. The van der Waals surface area contributed by atoms with Crippen LogP contribution in [0.3, 0.4) is 0 Å². The predicted molar refractivity (Wildman–Crippen MR) is 231 cm³/mol. The van der Waals surface area contributed by atoms with Gasteiger partial charge < -0.3 is 9.88 Å². The number of nitrogens with one attached hydrogen (secondary N) is 1. The Labute approximate surface area is 320 Å². The third kappa shape index (κ3) is 4.89. The van der Waals surface area contributed by atoms with Gasteiger partial charge in [0, 0.05) is 27.8 Å². The van der Waals surface area contributed by atoms with E-state index in [1.165, 1.54) is 77.1 Å². The van der Waals surface area contributed by atoms with Crippen molar-refractivity contribution < 1.29 is 0 Å². The Bertz CT molecular complexity index is 3010. The number of benzene rings is 9. The zero-order chi connectivity index (χ0) is 36.3. The fourth-order valence-electron chi connectivity index (χ4n) is 9.18. The monoisotopic (exact) mass is 700 g/mol. The van der Waals surface area contributed by atoms with E-state index in [1.54, 1.807) is 0 Å². The second kappa shape index (κ2) is 12.5. The molecular formula is C53H36N2. The van der Waals surface area contributed by atoms with Crippen molar-refractivity contribution in [3.8, 4) is 27.9 Å². The van der Waals surface area contributed by atoms with E-state index < -0.39 is 5.41 Å². The summed E-state index contributed by atoms with van der Waals surface area (Å²) in [5.74, 6) is 0. The first-order valence-corrected chi connectivity index (χ1v) is 19.0. The molecule has 2 nitrogen and oxygen atoms in total. The van der Waals surface area contributed by atoms with E-state index in [0.29, 0.717) is 0 Å². The third-order valence-electron chi connectivity index (χ3n) is 11.6. The van der Waals surface area contributed by atoms with Crippen LogP contribution in [-0.2, 0) is 5.41 Å². The molecule has 0 bridgehead atoms. The lowest BCUT2D eigenvalue weighted by atomic mass is 9.67. The van der Waals surface area contributed by atoms with Crippen molar-refractivity contribution in [2.45, 2.75) is 5.41 Å². The van der Waals surface area contributed by atoms with Gasteiger partial charge >= 0.3 is 0 Å². The van der Waals surface area contributed by atoms with Crippen molar-refractivity contribution in [3.63, 3.8) is 0 Å². The summed E-state index contributed by atoms with van der Waals surface area (Å²) < 4.78 is 2.44. The minimum absolute atomic E-state index is 0.454. The van der Waals surface area contributed by atoms with Crippen LogP contribution in [-0.4, -0.2) is 4.57 Å². The number of hydrogen-bond acceptors (Lipinski definition) is 1. The maximum absolute atomic E-state index is 3.70. The molecular weight excluding hydrogens is 665 g/mol. The van der Waals surface area contributed by atoms with E-state index in [0.717, 1.165) is 17.1 Å². The van der Waals surface area contributed by atoms with Crippen LogP contribution in [0.4, 0.5) is 11.4 Å². The lowest BCUT2D eigenvalue weighted by Gasteiger charge is -2.34. The molecule has 0 amide bonds. The molecule has 55 heavy (non-hydrogen) atoms. The highest BCUT2D eigenvalue weighted by atomic mass is 15.0. The van der Waals surface area contributed by atoms with Crippen molar-refractivity contribution in [3.05, 3.63) is 235 Å². The molecule has 1 heterocycles. The average molecular weight is 701 g/mol. The van der Waals surface area contributed by atoms with Gasteiger partial charge in [-0.15, -0.1) is 0 Å². The molecule has 0 saturated carbocycles. The largest absolute Gasteiger partial charge is 0.356 e. The first-order valence-electron chi connectivity index (χ1n) is 19.0. The average Bonchev–Trinajstić information content (AvgIpc) is 3.74. The highest BCUT2D eigenvalue weighted by molar-refractivity contribution is 6.10. The van der Waals surface area contributed by atoms with E-state index in [1.807, 2.05) is 0 Å². The molecule has 1 N–H and O–H groups in total. The van der Waals surface area contributed by atoms with Crippen molar-refractivity contribution >= 4 is 44.0 Å². The number of aromatic nitrogens is 1. The molecule has 0 atom stereocenters. The Morgan fingerprint density at radius 1 is 0.364 bits per heavy atom. The van der Waals surface area contributed by atoms with Crippen LogP contribution in [0.15, 0.2) is 212 Å². The normalized spacial score (nSPS) is 12.9. The lowest BCUT2D eigenvalue weighted by molar-refractivity contribution is 0.767. The first kappa shape index (κ1) is 31.4. The molecule has 11 rings (SSSR count). The number of para-hydroxylation sites is 1. The van der Waals surface area contributed by atoms with E-state index >= 15 is 0 Å². The van der Waals surface area contributed by atoms with Gasteiger partial charge in [0.2, 0.25) is 0 Å². The van der Waals surface area contributed by atoms with Crippen molar-refractivity contribution in [2.24, 2.45) is 0 Å². The van der Waals surface area contributed by atoms with Crippen molar-refractivity contribution in [1.82, 2.24) is 4.57 Å². The molecule has 2 heteroatoms. The maximum Gasteiger partial charge on any atom is 0.0714 e. The quantitative estimate of drug-likeness (QED) is 0.183. The summed E-state index contributed by atoms with van der Waals surface area (Å²) in [6.45, 7) is 0. The summed E-state index contributed by atoms with van der Waals surface area (Å²) in [6, 6.07) is 77.6. The van der Waals surface area contributed by atoms with Crippen LogP contribution in [0.5, 0.6) is 0 Å². The van der Waals surface area contributed by atoms with E-state index in [-0.39, 0.29) is 0 Å². The Morgan fingerprint density at radius 2 is 0.982 bits per heavy atom. The van der Waals surface area contributed by atoms with Gasteiger partial charge in [-0.05, 0) is 110 Å². The Balaban J connectivity index is 1.02. The zero-order valence-electron chi connectivity index (χ0n) is 30.2. The summed E-state index contributed by atoms with van der Waals surface area (Å²) in [7, 11) is 0. The summed E-state index contributed by atoms with van der Waals surface area (Å²) in [5, 5.41) is 8.66. The molecule has 9 aromatic carbocycles. The Morgan fingerprint density at radius 3 is 1.78 bits per heavy atom. The zero-order valence-corrected chi connectivity index (χ0v) is 30.2. The molecule has 0 spiro atoms. The van der Waals surface area contributed by atoms with Gasteiger partial charge in [0.1, 0.15) is 0 Å². The Hall–Kier alpha value is -7.16. The highest BCUT2D eigenvalue weighted by Crippen LogP contribution is 2.56. The standard InChI is InChI=1S/C53H36N2/c1-3-15-40(16-4-1)53(41-17-5-2-6-18-41)49-21-11-9-19-45(49)46-31-30-44(35-50(46)53)55-51-22-12-10-20-47(51)48-34-43(29-32-52(48)55)54-42-27-25-37(26-28-42)39-24-23-36-13-7-8-14-38(36)33-39/h1-35,54H. The molecule has 0 saturated heterocycles. The van der Waals surface area contributed by atoms with Gasteiger partial charge in [0.25, 0.3) is 0 Å².